The first-order valence-electron chi connectivity index (χ1n) is 8.11. The number of amides is 1. The van der Waals surface area contributed by atoms with Gasteiger partial charge in [-0.25, -0.2) is 0 Å². The average Bonchev–Trinajstić information content (AvgIpc) is 2.72. The van der Waals surface area contributed by atoms with Crippen molar-refractivity contribution in [1.29, 1.82) is 0 Å². The number of ether oxygens (including phenoxy) is 1. The predicted molar refractivity (Wildman–Crippen MR) is 92.5 cm³/mol. The Labute approximate surface area is 142 Å². The van der Waals surface area contributed by atoms with Crippen LogP contribution in [0, 0.1) is 6.92 Å². The first kappa shape index (κ1) is 16.2. The Morgan fingerprint density at radius 1 is 1.12 bits per heavy atom. The van der Waals surface area contributed by atoms with Crippen LogP contribution < -0.4 is 4.74 Å². The van der Waals surface area contributed by atoms with Crippen LogP contribution in [-0.2, 0) is 6.54 Å². The molecule has 1 amide bonds. The zero-order chi connectivity index (χ0) is 17.3. The average molecular weight is 323 g/mol. The fourth-order valence-electron chi connectivity index (χ4n) is 3.08. The minimum atomic E-state index is -0.134. The van der Waals surface area contributed by atoms with E-state index in [1.165, 1.54) is 6.92 Å². The van der Waals surface area contributed by atoms with Gasteiger partial charge in [-0.05, 0) is 32.9 Å². The van der Waals surface area contributed by atoms with E-state index in [4.69, 9.17) is 4.74 Å². The van der Waals surface area contributed by atoms with Crippen LogP contribution in [0.2, 0.25) is 0 Å². The first-order valence-corrected chi connectivity index (χ1v) is 8.11. The van der Waals surface area contributed by atoms with Gasteiger partial charge in [0.05, 0.1) is 12.1 Å². The van der Waals surface area contributed by atoms with E-state index in [1.807, 2.05) is 32.0 Å². The highest BCUT2D eigenvalue weighted by Crippen LogP contribution is 2.27. The molecule has 0 N–H and O–H groups in total. The minimum Gasteiger partial charge on any atom is -0.489 e. The van der Waals surface area contributed by atoms with Crippen LogP contribution in [0.1, 0.15) is 45.7 Å². The van der Waals surface area contributed by atoms with Gasteiger partial charge in [-0.3, -0.25) is 9.59 Å². The van der Waals surface area contributed by atoms with E-state index in [0.717, 1.165) is 16.9 Å². The Balaban J connectivity index is 1.97. The highest BCUT2D eigenvalue weighted by atomic mass is 16.5. The summed E-state index contributed by atoms with van der Waals surface area (Å²) in [5.41, 5.74) is 3.04. The zero-order valence-electron chi connectivity index (χ0n) is 14.2. The van der Waals surface area contributed by atoms with Gasteiger partial charge >= 0.3 is 0 Å². The minimum absolute atomic E-state index is 0.102. The Bertz CT molecular complexity index is 797. The molecule has 0 spiro atoms. The molecular formula is C20H21NO3. The summed E-state index contributed by atoms with van der Waals surface area (Å²) >= 11 is 0. The third-order valence-corrected chi connectivity index (χ3v) is 4.21. The highest BCUT2D eigenvalue weighted by molar-refractivity contribution is 6.07. The van der Waals surface area contributed by atoms with Crippen molar-refractivity contribution in [2.75, 3.05) is 6.54 Å². The number of hydrogen-bond donors (Lipinski definition) is 0. The molecule has 124 valence electrons. The molecule has 2 aromatic carbocycles. The van der Waals surface area contributed by atoms with E-state index < -0.39 is 0 Å². The molecule has 0 saturated heterocycles. The lowest BCUT2D eigenvalue weighted by molar-refractivity contribution is 0.0687. The number of fused-ring (bicyclic) bond motifs is 1. The van der Waals surface area contributed by atoms with Gasteiger partial charge in [0.15, 0.2) is 5.78 Å². The summed E-state index contributed by atoms with van der Waals surface area (Å²) in [4.78, 5) is 26.6. The number of carbonyl (C=O) groups is 2. The summed E-state index contributed by atoms with van der Waals surface area (Å²) < 4.78 is 5.94. The summed E-state index contributed by atoms with van der Waals surface area (Å²) in [7, 11) is 0. The predicted octanol–water partition coefficient (Wildman–Crippen LogP) is 3.62. The lowest BCUT2D eigenvalue weighted by atomic mass is 10.0. The van der Waals surface area contributed by atoms with Gasteiger partial charge in [-0.2, -0.15) is 0 Å². The van der Waals surface area contributed by atoms with Crippen LogP contribution in [0.25, 0.3) is 0 Å². The maximum atomic E-state index is 13.0. The van der Waals surface area contributed by atoms with Crippen molar-refractivity contribution in [3.8, 4) is 5.75 Å². The molecule has 1 heterocycles. The Kier molecular flexibility index (Phi) is 4.38. The monoisotopic (exact) mass is 323 g/mol. The fraction of sp³-hybridized carbons (Fsp3) is 0.300. The third-order valence-electron chi connectivity index (χ3n) is 4.21. The Morgan fingerprint density at radius 2 is 1.83 bits per heavy atom. The third kappa shape index (κ3) is 3.18. The molecule has 4 nitrogen and oxygen atoms in total. The lowest BCUT2D eigenvalue weighted by Crippen LogP contribution is -2.36. The number of nitrogens with zero attached hydrogens (tertiary/aromatic N) is 1. The normalized spacial score (nSPS) is 16.8. The van der Waals surface area contributed by atoms with Crippen LogP contribution in [0.3, 0.4) is 0 Å². The number of carbonyl (C=O) groups excluding carboxylic acids is 2. The zero-order valence-corrected chi connectivity index (χ0v) is 14.2. The van der Waals surface area contributed by atoms with E-state index in [2.05, 4.69) is 0 Å². The van der Waals surface area contributed by atoms with Crippen molar-refractivity contribution in [1.82, 2.24) is 4.90 Å². The van der Waals surface area contributed by atoms with Gasteiger partial charge in [0.25, 0.3) is 5.91 Å². The number of hydrogen-bond acceptors (Lipinski definition) is 3. The van der Waals surface area contributed by atoms with Gasteiger partial charge < -0.3 is 9.64 Å². The molecule has 4 heteroatoms. The largest absolute Gasteiger partial charge is 0.489 e. The molecule has 1 unspecified atom stereocenters. The Hall–Kier alpha value is -2.62. The van der Waals surface area contributed by atoms with E-state index >= 15 is 0 Å². The number of benzene rings is 2. The summed E-state index contributed by atoms with van der Waals surface area (Å²) in [6.07, 6.45) is -0.109. The molecule has 1 aliphatic heterocycles. The van der Waals surface area contributed by atoms with E-state index in [0.29, 0.717) is 24.2 Å². The summed E-state index contributed by atoms with van der Waals surface area (Å²) in [6, 6.07) is 13.0. The molecule has 0 radical (unpaired) electrons. The Morgan fingerprint density at radius 3 is 2.54 bits per heavy atom. The number of ketones is 1. The molecule has 2 aromatic rings. The fourth-order valence-corrected chi connectivity index (χ4v) is 3.08. The van der Waals surface area contributed by atoms with Crippen molar-refractivity contribution in [2.45, 2.75) is 33.4 Å². The highest BCUT2D eigenvalue weighted by Gasteiger charge is 2.26. The van der Waals surface area contributed by atoms with Crippen molar-refractivity contribution in [3.63, 3.8) is 0 Å². The summed E-state index contributed by atoms with van der Waals surface area (Å²) in [6.45, 7) is 6.42. The van der Waals surface area contributed by atoms with Crippen LogP contribution in [0.4, 0.5) is 0 Å². The quantitative estimate of drug-likeness (QED) is 0.793. The van der Waals surface area contributed by atoms with Gasteiger partial charge in [0, 0.05) is 17.7 Å². The number of Topliss-reactive ketones (excluding diaryl/α,β-unsaturated/α-hetero) is 1. The second-order valence-electron chi connectivity index (χ2n) is 6.33. The van der Waals surface area contributed by atoms with E-state index in [9.17, 15) is 9.59 Å². The SMILES string of the molecule is CC(=O)c1ccccc1C(=O)N1Cc2cc(C)ccc2OC(C)C1. The molecular weight excluding hydrogens is 302 g/mol. The second-order valence-corrected chi connectivity index (χ2v) is 6.33. The van der Waals surface area contributed by atoms with Gasteiger partial charge in [0.2, 0.25) is 0 Å². The first-order chi connectivity index (χ1) is 11.5. The molecule has 0 fully saturated rings. The summed E-state index contributed by atoms with van der Waals surface area (Å²) in [5, 5.41) is 0. The topological polar surface area (TPSA) is 46.6 Å². The smallest absolute Gasteiger partial charge is 0.255 e. The van der Waals surface area contributed by atoms with Gasteiger partial charge in [0.1, 0.15) is 11.9 Å². The molecule has 0 saturated carbocycles. The van der Waals surface area contributed by atoms with E-state index in [1.54, 1.807) is 29.2 Å². The number of rotatable bonds is 2. The molecule has 1 aliphatic rings. The van der Waals surface area contributed by atoms with Crippen LogP contribution in [0.5, 0.6) is 5.75 Å². The van der Waals surface area contributed by atoms with Crippen LogP contribution in [-0.4, -0.2) is 29.2 Å². The molecule has 1 atom stereocenters. The molecule has 3 rings (SSSR count). The van der Waals surface area contributed by atoms with Crippen molar-refractivity contribution in [2.24, 2.45) is 0 Å². The molecule has 24 heavy (non-hydrogen) atoms. The van der Waals surface area contributed by atoms with Gasteiger partial charge in [-0.1, -0.05) is 35.9 Å². The van der Waals surface area contributed by atoms with Crippen molar-refractivity contribution in [3.05, 3.63) is 64.7 Å². The molecule has 0 bridgehead atoms. The maximum absolute atomic E-state index is 13.0. The van der Waals surface area contributed by atoms with Gasteiger partial charge in [-0.15, -0.1) is 0 Å². The maximum Gasteiger partial charge on any atom is 0.255 e. The van der Waals surface area contributed by atoms with Crippen LogP contribution in [0.15, 0.2) is 42.5 Å². The van der Waals surface area contributed by atoms with Crippen molar-refractivity contribution < 1.29 is 14.3 Å². The second kappa shape index (κ2) is 6.48. The molecule has 0 aliphatic carbocycles. The standard InChI is InChI=1S/C20H21NO3/c1-13-8-9-19-16(10-13)12-21(11-14(2)24-19)20(23)18-7-5-4-6-17(18)15(3)22/h4-10,14H,11-12H2,1-3H3. The summed E-state index contributed by atoms with van der Waals surface area (Å²) in [5.74, 6) is 0.586. The molecule has 0 aromatic heterocycles. The van der Waals surface area contributed by atoms with E-state index in [-0.39, 0.29) is 17.8 Å². The lowest BCUT2D eigenvalue weighted by Gasteiger charge is -2.23. The van der Waals surface area contributed by atoms with Crippen molar-refractivity contribution >= 4 is 11.7 Å². The van der Waals surface area contributed by atoms with Crippen LogP contribution >= 0.6 is 0 Å². The number of aryl methyl sites for hydroxylation is 1.